The molecular formula is C11H10F2N2OS. The first-order valence-corrected chi connectivity index (χ1v) is 5.75. The summed E-state index contributed by atoms with van der Waals surface area (Å²) in [7, 11) is 1.79. The van der Waals surface area contributed by atoms with Crippen LogP contribution >= 0.6 is 11.3 Å². The third kappa shape index (κ3) is 2.91. The molecule has 1 aromatic carbocycles. The Labute approximate surface area is 101 Å². The lowest BCUT2D eigenvalue weighted by Crippen LogP contribution is -2.01. The van der Waals surface area contributed by atoms with Gasteiger partial charge >= 0.3 is 6.61 Å². The predicted octanol–water partition coefficient (Wildman–Crippen LogP) is 3.45. The molecular weight excluding hydrogens is 246 g/mol. The number of alkyl halides is 2. The van der Waals surface area contributed by atoms with Crippen LogP contribution in [-0.4, -0.2) is 18.6 Å². The number of benzene rings is 1. The molecule has 3 nitrogen and oxygen atoms in total. The van der Waals surface area contributed by atoms with Crippen molar-refractivity contribution in [2.45, 2.75) is 6.61 Å². The molecule has 2 rings (SSSR count). The molecule has 1 aromatic heterocycles. The molecule has 0 saturated carbocycles. The minimum atomic E-state index is -2.80. The second-order valence-electron chi connectivity index (χ2n) is 3.19. The summed E-state index contributed by atoms with van der Waals surface area (Å²) in [5, 5.41) is 5.65. The van der Waals surface area contributed by atoms with E-state index >= 15 is 0 Å². The van der Waals surface area contributed by atoms with Gasteiger partial charge in [-0.05, 0) is 24.3 Å². The van der Waals surface area contributed by atoms with Gasteiger partial charge in [-0.1, -0.05) is 0 Å². The predicted molar refractivity (Wildman–Crippen MR) is 63.7 cm³/mol. The Morgan fingerprint density at radius 2 is 2.00 bits per heavy atom. The maximum absolute atomic E-state index is 12.0. The highest BCUT2D eigenvalue weighted by molar-refractivity contribution is 7.14. The van der Waals surface area contributed by atoms with Crippen molar-refractivity contribution in [3.05, 3.63) is 29.6 Å². The number of rotatable bonds is 4. The molecule has 0 unspecified atom stereocenters. The minimum absolute atomic E-state index is 0.146. The van der Waals surface area contributed by atoms with Gasteiger partial charge in [-0.3, -0.25) is 0 Å². The highest BCUT2D eigenvalue weighted by Crippen LogP contribution is 2.26. The standard InChI is InChI=1S/C11H10F2N2OS/c1-14-11-15-9(6-17-11)7-2-4-8(5-3-7)16-10(12)13/h2-6,10H,1H3,(H,14,15). The number of nitrogens with one attached hydrogen (secondary N) is 1. The Morgan fingerprint density at radius 3 is 2.53 bits per heavy atom. The first-order chi connectivity index (χ1) is 8.19. The van der Waals surface area contributed by atoms with Gasteiger partial charge < -0.3 is 10.1 Å². The van der Waals surface area contributed by atoms with Gasteiger partial charge in [0, 0.05) is 18.0 Å². The zero-order chi connectivity index (χ0) is 12.3. The summed E-state index contributed by atoms with van der Waals surface area (Å²) in [6.07, 6.45) is 0. The summed E-state index contributed by atoms with van der Waals surface area (Å²) in [6.45, 7) is -2.80. The molecule has 0 amide bonds. The number of hydrogen-bond acceptors (Lipinski definition) is 4. The van der Waals surface area contributed by atoms with Crippen molar-refractivity contribution in [1.29, 1.82) is 0 Å². The topological polar surface area (TPSA) is 34.2 Å². The lowest BCUT2D eigenvalue weighted by atomic mass is 10.2. The molecule has 0 aliphatic rings. The van der Waals surface area contributed by atoms with Crippen LogP contribution in [0.15, 0.2) is 29.6 Å². The van der Waals surface area contributed by atoms with Gasteiger partial charge in [0.25, 0.3) is 0 Å². The van der Waals surface area contributed by atoms with Crippen LogP contribution in [0.2, 0.25) is 0 Å². The van der Waals surface area contributed by atoms with Crippen LogP contribution in [0.3, 0.4) is 0 Å². The van der Waals surface area contributed by atoms with Gasteiger partial charge in [0.05, 0.1) is 5.69 Å². The van der Waals surface area contributed by atoms with E-state index in [9.17, 15) is 8.78 Å². The normalized spacial score (nSPS) is 10.6. The van der Waals surface area contributed by atoms with Gasteiger partial charge in [0.15, 0.2) is 5.13 Å². The zero-order valence-corrected chi connectivity index (χ0v) is 9.80. The van der Waals surface area contributed by atoms with Crippen molar-refractivity contribution in [3.8, 4) is 17.0 Å². The maximum Gasteiger partial charge on any atom is 0.387 e. The molecule has 0 atom stereocenters. The van der Waals surface area contributed by atoms with Crippen molar-refractivity contribution < 1.29 is 13.5 Å². The summed E-state index contributed by atoms with van der Waals surface area (Å²) < 4.78 is 28.2. The fourth-order valence-corrected chi connectivity index (χ4v) is 2.01. The zero-order valence-electron chi connectivity index (χ0n) is 8.98. The largest absolute Gasteiger partial charge is 0.435 e. The summed E-state index contributed by atoms with van der Waals surface area (Å²) in [5.41, 5.74) is 1.67. The summed E-state index contributed by atoms with van der Waals surface area (Å²) in [6, 6.07) is 6.40. The highest BCUT2D eigenvalue weighted by Gasteiger charge is 2.06. The van der Waals surface area contributed by atoms with Crippen LogP contribution in [0.25, 0.3) is 11.3 Å². The molecule has 90 valence electrons. The number of anilines is 1. The summed E-state index contributed by atoms with van der Waals surface area (Å²) in [5.74, 6) is 0.146. The Kier molecular flexibility index (Phi) is 3.53. The average Bonchev–Trinajstić information content (AvgIpc) is 2.78. The van der Waals surface area contributed by atoms with Gasteiger partial charge in [0.2, 0.25) is 0 Å². The molecule has 0 fully saturated rings. The number of halogens is 2. The van der Waals surface area contributed by atoms with Crippen LogP contribution < -0.4 is 10.1 Å². The Bertz CT molecular complexity index is 484. The average molecular weight is 256 g/mol. The fraction of sp³-hybridized carbons (Fsp3) is 0.182. The van der Waals surface area contributed by atoms with E-state index in [4.69, 9.17) is 0 Å². The summed E-state index contributed by atoms with van der Waals surface area (Å²) >= 11 is 1.49. The van der Waals surface area contributed by atoms with Crippen molar-refractivity contribution in [1.82, 2.24) is 4.98 Å². The van der Waals surface area contributed by atoms with E-state index in [0.29, 0.717) is 0 Å². The van der Waals surface area contributed by atoms with Crippen molar-refractivity contribution in [2.75, 3.05) is 12.4 Å². The van der Waals surface area contributed by atoms with E-state index in [0.717, 1.165) is 16.4 Å². The van der Waals surface area contributed by atoms with E-state index in [1.165, 1.54) is 23.5 Å². The first-order valence-electron chi connectivity index (χ1n) is 4.87. The van der Waals surface area contributed by atoms with E-state index in [2.05, 4.69) is 15.0 Å². The molecule has 0 aliphatic carbocycles. The second-order valence-corrected chi connectivity index (χ2v) is 4.05. The van der Waals surface area contributed by atoms with Crippen LogP contribution in [0.1, 0.15) is 0 Å². The lowest BCUT2D eigenvalue weighted by Gasteiger charge is -2.04. The Balaban J connectivity index is 2.17. The van der Waals surface area contributed by atoms with E-state index in [1.807, 2.05) is 5.38 Å². The van der Waals surface area contributed by atoms with Crippen molar-refractivity contribution >= 4 is 16.5 Å². The molecule has 1 N–H and O–H groups in total. The number of nitrogens with zero attached hydrogens (tertiary/aromatic N) is 1. The fourth-order valence-electron chi connectivity index (χ4n) is 1.33. The van der Waals surface area contributed by atoms with Gasteiger partial charge in [-0.25, -0.2) is 4.98 Å². The lowest BCUT2D eigenvalue weighted by molar-refractivity contribution is -0.0498. The first kappa shape index (κ1) is 11.8. The minimum Gasteiger partial charge on any atom is -0.435 e. The SMILES string of the molecule is CNc1nc(-c2ccc(OC(F)F)cc2)cs1. The molecule has 0 saturated heterocycles. The molecule has 0 bridgehead atoms. The Morgan fingerprint density at radius 1 is 1.29 bits per heavy atom. The summed E-state index contributed by atoms with van der Waals surface area (Å²) in [4.78, 5) is 4.31. The van der Waals surface area contributed by atoms with E-state index in [1.54, 1.807) is 19.2 Å². The monoisotopic (exact) mass is 256 g/mol. The Hall–Kier alpha value is -1.69. The molecule has 0 aliphatic heterocycles. The number of thiazole rings is 1. The molecule has 6 heteroatoms. The molecule has 17 heavy (non-hydrogen) atoms. The van der Waals surface area contributed by atoms with Crippen LogP contribution in [0.5, 0.6) is 5.75 Å². The van der Waals surface area contributed by atoms with Gasteiger partial charge in [0.1, 0.15) is 5.75 Å². The van der Waals surface area contributed by atoms with Crippen molar-refractivity contribution in [2.24, 2.45) is 0 Å². The maximum atomic E-state index is 12.0. The molecule has 1 heterocycles. The number of hydrogen-bond donors (Lipinski definition) is 1. The van der Waals surface area contributed by atoms with E-state index in [-0.39, 0.29) is 5.75 Å². The highest BCUT2D eigenvalue weighted by atomic mass is 32.1. The van der Waals surface area contributed by atoms with Crippen molar-refractivity contribution in [3.63, 3.8) is 0 Å². The third-order valence-corrected chi connectivity index (χ3v) is 2.95. The quantitative estimate of drug-likeness (QED) is 0.909. The van der Waals surface area contributed by atoms with Gasteiger partial charge in [-0.15, -0.1) is 11.3 Å². The molecule has 0 radical (unpaired) electrons. The smallest absolute Gasteiger partial charge is 0.387 e. The van der Waals surface area contributed by atoms with Crippen LogP contribution in [0.4, 0.5) is 13.9 Å². The van der Waals surface area contributed by atoms with E-state index < -0.39 is 6.61 Å². The molecule has 2 aromatic rings. The van der Waals surface area contributed by atoms with Crippen LogP contribution in [0, 0.1) is 0 Å². The third-order valence-electron chi connectivity index (χ3n) is 2.09. The van der Waals surface area contributed by atoms with Gasteiger partial charge in [-0.2, -0.15) is 8.78 Å². The number of aromatic nitrogens is 1. The second kappa shape index (κ2) is 5.09. The molecule has 0 spiro atoms. The number of ether oxygens (including phenoxy) is 1. The van der Waals surface area contributed by atoms with Crippen LogP contribution in [-0.2, 0) is 0 Å².